The van der Waals surface area contributed by atoms with Crippen molar-refractivity contribution in [1.82, 2.24) is 0 Å². The number of thiophene rings is 1. The zero-order valence-corrected chi connectivity index (χ0v) is 13.2. The van der Waals surface area contributed by atoms with Crippen LogP contribution < -0.4 is 9.47 Å². The number of esters is 1. The highest BCUT2D eigenvalue weighted by Gasteiger charge is 2.13. The summed E-state index contributed by atoms with van der Waals surface area (Å²) in [5.41, 5.74) is 0.784. The Labute approximate surface area is 137 Å². The van der Waals surface area contributed by atoms with Gasteiger partial charge in [-0.05, 0) is 42.8 Å². The monoisotopic (exact) mass is 330 g/mol. The Balaban J connectivity index is 1.54. The van der Waals surface area contributed by atoms with Crippen LogP contribution in [-0.4, -0.2) is 25.2 Å². The summed E-state index contributed by atoms with van der Waals surface area (Å²) in [6.07, 6.45) is 2.88. The summed E-state index contributed by atoms with van der Waals surface area (Å²) < 4.78 is 15.4. The number of carbonyl (C=O) groups excluding carboxylic acids is 2. The van der Waals surface area contributed by atoms with E-state index in [9.17, 15) is 9.59 Å². The molecule has 0 N–H and O–H groups in total. The molecule has 1 aromatic heterocycles. The minimum absolute atomic E-state index is 0.201. The van der Waals surface area contributed by atoms with Crippen LogP contribution in [0.25, 0.3) is 6.08 Å². The first-order valence-electron chi connectivity index (χ1n) is 6.96. The van der Waals surface area contributed by atoms with E-state index >= 15 is 0 Å². The van der Waals surface area contributed by atoms with E-state index < -0.39 is 5.97 Å². The maximum Gasteiger partial charge on any atom is 0.331 e. The summed E-state index contributed by atoms with van der Waals surface area (Å²) in [7, 11) is 0. The number of benzene rings is 1. The molecule has 0 radical (unpaired) electrons. The summed E-state index contributed by atoms with van der Waals surface area (Å²) in [6, 6.07) is 8.94. The van der Waals surface area contributed by atoms with Crippen LogP contribution in [0.3, 0.4) is 0 Å². The molecule has 118 valence electrons. The molecule has 0 aliphatic carbocycles. The summed E-state index contributed by atoms with van der Waals surface area (Å²) in [6.45, 7) is 1.86. The minimum Gasteiger partial charge on any atom is -0.454 e. The van der Waals surface area contributed by atoms with Gasteiger partial charge in [0.15, 0.2) is 18.1 Å². The molecule has 0 unspecified atom stereocenters. The quantitative estimate of drug-likeness (QED) is 0.478. The van der Waals surface area contributed by atoms with Gasteiger partial charge in [-0.1, -0.05) is 6.07 Å². The van der Waals surface area contributed by atoms with Gasteiger partial charge in [-0.2, -0.15) is 0 Å². The predicted octanol–water partition coefficient (Wildman–Crippen LogP) is 3.22. The molecular weight excluding hydrogens is 316 g/mol. The zero-order valence-electron chi connectivity index (χ0n) is 12.4. The molecule has 6 heteroatoms. The highest BCUT2D eigenvalue weighted by molar-refractivity contribution is 7.14. The van der Waals surface area contributed by atoms with Crippen LogP contribution in [0, 0.1) is 6.92 Å². The van der Waals surface area contributed by atoms with Gasteiger partial charge in [0.05, 0.1) is 4.88 Å². The van der Waals surface area contributed by atoms with Crippen molar-refractivity contribution in [2.75, 3.05) is 13.4 Å². The third-order valence-electron chi connectivity index (χ3n) is 3.17. The molecule has 0 atom stereocenters. The lowest BCUT2D eigenvalue weighted by atomic mass is 10.2. The first-order valence-corrected chi connectivity index (χ1v) is 7.77. The van der Waals surface area contributed by atoms with Crippen LogP contribution in [-0.2, 0) is 9.53 Å². The van der Waals surface area contributed by atoms with Crippen molar-refractivity contribution in [3.8, 4) is 11.5 Å². The third kappa shape index (κ3) is 3.78. The Hall–Kier alpha value is -2.60. The summed E-state index contributed by atoms with van der Waals surface area (Å²) >= 11 is 1.38. The highest BCUT2D eigenvalue weighted by Crippen LogP contribution is 2.32. The predicted molar refractivity (Wildman–Crippen MR) is 85.9 cm³/mol. The second-order valence-electron chi connectivity index (χ2n) is 4.89. The molecule has 0 fully saturated rings. The molecule has 0 bridgehead atoms. The van der Waals surface area contributed by atoms with Crippen LogP contribution in [0.5, 0.6) is 11.5 Å². The topological polar surface area (TPSA) is 61.8 Å². The zero-order chi connectivity index (χ0) is 16.2. The van der Waals surface area contributed by atoms with Crippen molar-refractivity contribution < 1.29 is 23.8 Å². The Bertz CT molecular complexity index is 775. The number of fused-ring (bicyclic) bond motifs is 1. The van der Waals surface area contributed by atoms with Gasteiger partial charge in [-0.15, -0.1) is 11.3 Å². The summed E-state index contributed by atoms with van der Waals surface area (Å²) in [5, 5.41) is 0. The summed E-state index contributed by atoms with van der Waals surface area (Å²) in [4.78, 5) is 25.2. The largest absolute Gasteiger partial charge is 0.454 e. The van der Waals surface area contributed by atoms with Gasteiger partial charge in [-0.25, -0.2) is 4.79 Å². The van der Waals surface area contributed by atoms with Crippen molar-refractivity contribution in [2.45, 2.75) is 6.92 Å². The number of Topliss-reactive ketones (excluding diaryl/α,β-unsaturated/α-hetero) is 1. The van der Waals surface area contributed by atoms with Crippen molar-refractivity contribution in [1.29, 1.82) is 0 Å². The lowest BCUT2D eigenvalue weighted by molar-refractivity contribution is -0.136. The fraction of sp³-hybridized carbons (Fsp3) is 0.176. The SMILES string of the molecule is Cc1ccc(C(=O)COC(=O)/C=C/c2ccc3c(c2)OCO3)s1. The number of hydrogen-bond donors (Lipinski definition) is 0. The lowest BCUT2D eigenvalue weighted by Crippen LogP contribution is -2.11. The Morgan fingerprint density at radius 2 is 2.04 bits per heavy atom. The van der Waals surface area contributed by atoms with Crippen LogP contribution in [0.15, 0.2) is 36.4 Å². The maximum absolute atomic E-state index is 11.8. The number of hydrogen-bond acceptors (Lipinski definition) is 6. The number of rotatable bonds is 5. The molecule has 0 amide bonds. The molecule has 0 spiro atoms. The van der Waals surface area contributed by atoms with E-state index in [2.05, 4.69) is 0 Å². The molecule has 3 rings (SSSR count). The van der Waals surface area contributed by atoms with Gasteiger partial charge >= 0.3 is 5.97 Å². The molecule has 2 aromatic rings. The van der Waals surface area contributed by atoms with E-state index in [4.69, 9.17) is 14.2 Å². The average Bonchev–Trinajstić information content (AvgIpc) is 3.18. The highest BCUT2D eigenvalue weighted by atomic mass is 32.1. The van der Waals surface area contributed by atoms with E-state index in [-0.39, 0.29) is 19.2 Å². The first kappa shape index (κ1) is 15.3. The fourth-order valence-electron chi connectivity index (χ4n) is 2.02. The molecule has 1 aromatic carbocycles. The Kier molecular flexibility index (Phi) is 4.43. The van der Waals surface area contributed by atoms with Crippen molar-refractivity contribution in [3.05, 3.63) is 51.7 Å². The first-order chi connectivity index (χ1) is 11.1. The van der Waals surface area contributed by atoms with Crippen LogP contribution in [0.4, 0.5) is 0 Å². The van der Waals surface area contributed by atoms with Crippen molar-refractivity contribution in [2.24, 2.45) is 0 Å². The maximum atomic E-state index is 11.8. The second-order valence-corrected chi connectivity index (χ2v) is 6.18. The van der Waals surface area contributed by atoms with Gasteiger partial charge in [0.1, 0.15) is 0 Å². The molecule has 23 heavy (non-hydrogen) atoms. The third-order valence-corrected chi connectivity index (χ3v) is 4.21. The molecule has 1 aliphatic heterocycles. The van der Waals surface area contributed by atoms with Gasteiger partial charge in [0.2, 0.25) is 12.6 Å². The molecule has 0 saturated heterocycles. The standard InChI is InChI=1S/C17H14O5S/c1-11-2-6-16(23-11)13(18)9-20-17(19)7-4-12-3-5-14-15(8-12)22-10-21-14/h2-8H,9-10H2,1H3/b7-4+. The van der Waals surface area contributed by atoms with E-state index in [0.717, 1.165) is 10.4 Å². The number of ketones is 1. The molecule has 0 saturated carbocycles. The minimum atomic E-state index is -0.565. The van der Waals surface area contributed by atoms with E-state index in [1.807, 2.05) is 13.0 Å². The molecule has 1 aliphatic rings. The van der Waals surface area contributed by atoms with E-state index in [1.54, 1.807) is 30.3 Å². The van der Waals surface area contributed by atoms with Crippen molar-refractivity contribution in [3.63, 3.8) is 0 Å². The summed E-state index contributed by atoms with van der Waals surface area (Å²) in [5.74, 6) is 0.558. The van der Waals surface area contributed by atoms with Crippen LogP contribution in [0.1, 0.15) is 20.1 Å². The molecular formula is C17H14O5S. The van der Waals surface area contributed by atoms with E-state index in [0.29, 0.717) is 16.4 Å². The second kappa shape index (κ2) is 6.66. The van der Waals surface area contributed by atoms with Crippen LogP contribution in [0.2, 0.25) is 0 Å². The molecule has 5 nitrogen and oxygen atoms in total. The Morgan fingerprint density at radius 3 is 2.83 bits per heavy atom. The average molecular weight is 330 g/mol. The van der Waals surface area contributed by atoms with Gasteiger partial charge < -0.3 is 14.2 Å². The lowest BCUT2D eigenvalue weighted by Gasteiger charge is -2.00. The van der Waals surface area contributed by atoms with Crippen LogP contribution >= 0.6 is 11.3 Å². The Morgan fingerprint density at radius 1 is 1.22 bits per heavy atom. The van der Waals surface area contributed by atoms with Gasteiger partial charge in [0.25, 0.3) is 0 Å². The normalized spacial score (nSPS) is 12.6. The van der Waals surface area contributed by atoms with Crippen molar-refractivity contribution >= 4 is 29.2 Å². The number of aryl methyl sites for hydroxylation is 1. The number of ether oxygens (including phenoxy) is 3. The smallest absolute Gasteiger partial charge is 0.331 e. The van der Waals surface area contributed by atoms with Gasteiger partial charge in [0, 0.05) is 11.0 Å². The van der Waals surface area contributed by atoms with E-state index in [1.165, 1.54) is 17.4 Å². The fourth-order valence-corrected chi connectivity index (χ4v) is 2.81. The van der Waals surface area contributed by atoms with Gasteiger partial charge in [-0.3, -0.25) is 4.79 Å². The molecule has 2 heterocycles. The number of carbonyl (C=O) groups is 2.